The molecule has 98 valence electrons. The molecule has 0 amide bonds. The number of pyridine rings is 1. The summed E-state index contributed by atoms with van der Waals surface area (Å²) in [7, 11) is 0. The van der Waals surface area contributed by atoms with Crippen LogP contribution in [0.2, 0.25) is 0 Å². The molecule has 0 aromatic carbocycles. The number of hydrogen-bond acceptors (Lipinski definition) is 4. The summed E-state index contributed by atoms with van der Waals surface area (Å²) >= 11 is 0. The third kappa shape index (κ3) is 2.71. The SMILES string of the molecule is OCc1cnn(CCc2ccc3c(n2)N=CCC3)c1. The van der Waals surface area contributed by atoms with Crippen LogP contribution in [0.3, 0.4) is 0 Å². The van der Waals surface area contributed by atoms with E-state index in [2.05, 4.69) is 27.2 Å². The number of nitrogens with zero attached hydrogens (tertiary/aromatic N) is 4. The lowest BCUT2D eigenvalue weighted by Gasteiger charge is -2.10. The molecule has 5 heteroatoms. The highest BCUT2D eigenvalue weighted by molar-refractivity contribution is 5.66. The molecule has 1 aliphatic heterocycles. The molecule has 0 saturated carbocycles. The van der Waals surface area contributed by atoms with Gasteiger partial charge in [-0.25, -0.2) is 9.98 Å². The fourth-order valence-corrected chi connectivity index (χ4v) is 2.17. The monoisotopic (exact) mass is 256 g/mol. The summed E-state index contributed by atoms with van der Waals surface area (Å²) in [6, 6.07) is 4.19. The van der Waals surface area contributed by atoms with Crippen molar-refractivity contribution in [1.29, 1.82) is 0 Å². The predicted octanol–water partition coefficient (Wildman–Crippen LogP) is 1.66. The van der Waals surface area contributed by atoms with Crippen LogP contribution in [-0.4, -0.2) is 26.1 Å². The lowest BCUT2D eigenvalue weighted by molar-refractivity contribution is 0.281. The number of aliphatic hydroxyl groups excluding tert-OH is 1. The van der Waals surface area contributed by atoms with Gasteiger partial charge in [-0.05, 0) is 24.5 Å². The molecule has 0 aliphatic carbocycles. The minimum atomic E-state index is 0.0335. The Morgan fingerprint density at radius 2 is 2.26 bits per heavy atom. The van der Waals surface area contributed by atoms with Gasteiger partial charge in [0.05, 0.1) is 12.8 Å². The summed E-state index contributed by atoms with van der Waals surface area (Å²) in [6.45, 7) is 0.793. The van der Waals surface area contributed by atoms with E-state index >= 15 is 0 Å². The summed E-state index contributed by atoms with van der Waals surface area (Å²) in [6.07, 6.45) is 8.33. The van der Waals surface area contributed by atoms with Crippen molar-refractivity contribution in [3.8, 4) is 0 Å². The van der Waals surface area contributed by atoms with Gasteiger partial charge in [0.15, 0.2) is 5.82 Å². The zero-order valence-electron chi connectivity index (χ0n) is 10.7. The molecule has 0 saturated heterocycles. The van der Waals surface area contributed by atoms with E-state index in [9.17, 15) is 0 Å². The summed E-state index contributed by atoms with van der Waals surface area (Å²) in [5.41, 5.74) is 3.09. The van der Waals surface area contributed by atoms with Crippen molar-refractivity contribution in [2.24, 2.45) is 4.99 Å². The molecule has 19 heavy (non-hydrogen) atoms. The second-order valence-corrected chi connectivity index (χ2v) is 4.66. The summed E-state index contributed by atoms with van der Waals surface area (Å²) in [4.78, 5) is 8.90. The highest BCUT2D eigenvalue weighted by Gasteiger charge is 2.08. The normalized spacial score (nSPS) is 13.5. The number of rotatable bonds is 4. The van der Waals surface area contributed by atoms with Gasteiger partial charge in [-0.3, -0.25) is 4.68 Å². The number of fused-ring (bicyclic) bond motifs is 1. The maximum Gasteiger partial charge on any atom is 0.154 e. The van der Waals surface area contributed by atoms with Crippen LogP contribution in [0.25, 0.3) is 0 Å². The first-order valence-corrected chi connectivity index (χ1v) is 6.48. The maximum absolute atomic E-state index is 8.99. The Morgan fingerprint density at radius 3 is 3.11 bits per heavy atom. The molecular formula is C14H16N4O. The highest BCUT2D eigenvalue weighted by Crippen LogP contribution is 2.21. The van der Waals surface area contributed by atoms with Gasteiger partial charge in [0.25, 0.3) is 0 Å². The number of aliphatic hydroxyl groups is 1. The van der Waals surface area contributed by atoms with Crippen molar-refractivity contribution in [3.05, 3.63) is 41.3 Å². The molecule has 0 atom stereocenters. The zero-order valence-corrected chi connectivity index (χ0v) is 10.7. The Hall–Kier alpha value is -2.01. The molecule has 0 bridgehead atoms. The van der Waals surface area contributed by atoms with Crippen molar-refractivity contribution in [1.82, 2.24) is 14.8 Å². The first-order chi connectivity index (χ1) is 9.35. The average molecular weight is 256 g/mol. The molecule has 1 aliphatic rings. The van der Waals surface area contributed by atoms with Crippen LogP contribution in [0, 0.1) is 0 Å². The molecule has 3 heterocycles. The lowest BCUT2D eigenvalue weighted by atomic mass is 10.1. The van der Waals surface area contributed by atoms with Crippen LogP contribution < -0.4 is 0 Å². The van der Waals surface area contributed by atoms with Crippen molar-refractivity contribution in [3.63, 3.8) is 0 Å². The Labute approximate surface area is 111 Å². The van der Waals surface area contributed by atoms with Gasteiger partial charge in [-0.15, -0.1) is 0 Å². The molecule has 0 radical (unpaired) electrons. The van der Waals surface area contributed by atoms with Crippen LogP contribution in [0.15, 0.2) is 29.5 Å². The van der Waals surface area contributed by atoms with E-state index < -0.39 is 0 Å². The van der Waals surface area contributed by atoms with Gasteiger partial charge in [0.1, 0.15) is 0 Å². The van der Waals surface area contributed by atoms with Crippen LogP contribution in [0.5, 0.6) is 0 Å². The average Bonchev–Trinajstić information content (AvgIpc) is 2.93. The molecule has 2 aromatic rings. The number of aromatic nitrogens is 3. The third-order valence-corrected chi connectivity index (χ3v) is 3.24. The molecule has 3 rings (SSSR count). The zero-order chi connectivity index (χ0) is 13.1. The third-order valence-electron chi connectivity index (χ3n) is 3.24. The van der Waals surface area contributed by atoms with Crippen LogP contribution in [0.4, 0.5) is 5.82 Å². The standard InChI is InChI=1S/C14H16N4O/c19-10-11-8-16-18(9-11)7-5-13-4-3-12-2-1-6-15-14(12)17-13/h3-4,6,8-9,19H,1-2,5,7,10H2. The molecular weight excluding hydrogens is 240 g/mol. The lowest BCUT2D eigenvalue weighted by Crippen LogP contribution is -2.04. The van der Waals surface area contributed by atoms with Gasteiger partial charge < -0.3 is 5.11 Å². The van der Waals surface area contributed by atoms with Crippen molar-refractivity contribution < 1.29 is 5.11 Å². The first kappa shape index (κ1) is 12.0. The highest BCUT2D eigenvalue weighted by atomic mass is 16.3. The van der Waals surface area contributed by atoms with E-state index in [1.807, 2.05) is 17.1 Å². The summed E-state index contributed by atoms with van der Waals surface area (Å²) in [5.74, 6) is 0.861. The molecule has 0 fully saturated rings. The second-order valence-electron chi connectivity index (χ2n) is 4.66. The van der Waals surface area contributed by atoms with Gasteiger partial charge >= 0.3 is 0 Å². The molecule has 5 nitrogen and oxygen atoms in total. The first-order valence-electron chi connectivity index (χ1n) is 6.48. The molecule has 0 spiro atoms. The Kier molecular flexibility index (Phi) is 3.37. The largest absolute Gasteiger partial charge is 0.392 e. The number of aliphatic imine (C=N–C) groups is 1. The van der Waals surface area contributed by atoms with E-state index in [1.54, 1.807) is 6.20 Å². The van der Waals surface area contributed by atoms with E-state index in [0.717, 1.165) is 42.9 Å². The van der Waals surface area contributed by atoms with Gasteiger partial charge in [0.2, 0.25) is 0 Å². The van der Waals surface area contributed by atoms with E-state index in [0.29, 0.717) is 0 Å². The number of aryl methyl sites for hydroxylation is 3. The van der Waals surface area contributed by atoms with Crippen LogP contribution >= 0.6 is 0 Å². The van der Waals surface area contributed by atoms with Gasteiger partial charge in [0, 0.05) is 36.6 Å². The predicted molar refractivity (Wildman–Crippen MR) is 72.6 cm³/mol. The maximum atomic E-state index is 8.99. The molecule has 1 N–H and O–H groups in total. The van der Waals surface area contributed by atoms with Crippen molar-refractivity contribution in [2.45, 2.75) is 32.4 Å². The summed E-state index contributed by atoms with van der Waals surface area (Å²) in [5, 5.41) is 13.2. The Morgan fingerprint density at radius 1 is 1.32 bits per heavy atom. The van der Waals surface area contributed by atoms with Crippen LogP contribution in [-0.2, 0) is 26.0 Å². The Balaban J connectivity index is 1.68. The van der Waals surface area contributed by atoms with E-state index in [4.69, 9.17) is 5.11 Å². The van der Waals surface area contributed by atoms with E-state index in [-0.39, 0.29) is 6.61 Å². The van der Waals surface area contributed by atoms with Gasteiger partial charge in [-0.1, -0.05) is 6.07 Å². The second kappa shape index (κ2) is 5.32. The Bertz CT molecular complexity index is 603. The molecule has 0 unspecified atom stereocenters. The minimum absolute atomic E-state index is 0.0335. The van der Waals surface area contributed by atoms with Gasteiger partial charge in [-0.2, -0.15) is 5.10 Å². The smallest absolute Gasteiger partial charge is 0.154 e. The quantitative estimate of drug-likeness (QED) is 0.905. The van der Waals surface area contributed by atoms with Crippen molar-refractivity contribution in [2.75, 3.05) is 0 Å². The molecule has 2 aromatic heterocycles. The van der Waals surface area contributed by atoms with Crippen molar-refractivity contribution >= 4 is 12.0 Å². The number of hydrogen-bond donors (Lipinski definition) is 1. The fraction of sp³-hybridized carbons (Fsp3) is 0.357. The van der Waals surface area contributed by atoms with Crippen LogP contribution in [0.1, 0.15) is 23.2 Å². The topological polar surface area (TPSA) is 63.3 Å². The summed E-state index contributed by atoms with van der Waals surface area (Å²) < 4.78 is 1.83. The van der Waals surface area contributed by atoms with E-state index in [1.165, 1.54) is 5.56 Å². The minimum Gasteiger partial charge on any atom is -0.392 e. The fourth-order valence-electron chi connectivity index (χ4n) is 2.17.